The molecule has 0 saturated heterocycles. The van der Waals surface area contributed by atoms with Crippen LogP contribution in [-0.2, 0) is 17.6 Å². The maximum Gasteiger partial charge on any atom is 0.341 e. The van der Waals surface area contributed by atoms with Crippen molar-refractivity contribution in [2.75, 3.05) is 17.7 Å². The number of rotatable bonds is 3. The van der Waals surface area contributed by atoms with Crippen molar-refractivity contribution >= 4 is 45.3 Å². The molecule has 0 fully saturated rings. The van der Waals surface area contributed by atoms with Crippen LogP contribution >= 0.6 is 23.6 Å². The monoisotopic (exact) mass is 388 g/mol. The average molecular weight is 389 g/mol. The number of esters is 1. The molecule has 0 unspecified atom stereocenters. The van der Waals surface area contributed by atoms with Gasteiger partial charge in [-0.15, -0.1) is 11.3 Å². The van der Waals surface area contributed by atoms with Gasteiger partial charge in [0.25, 0.3) is 0 Å². The van der Waals surface area contributed by atoms with Gasteiger partial charge in [-0.05, 0) is 75.4 Å². The Kier molecular flexibility index (Phi) is 5.63. The lowest BCUT2D eigenvalue weighted by molar-refractivity contribution is 0.0601. The van der Waals surface area contributed by atoms with Crippen molar-refractivity contribution in [1.82, 2.24) is 0 Å². The first-order valence-electron chi connectivity index (χ1n) is 8.79. The van der Waals surface area contributed by atoms with E-state index in [0.29, 0.717) is 10.7 Å². The molecule has 138 valence electrons. The number of hydrogen-bond acceptors (Lipinski definition) is 4. The Bertz CT molecular complexity index is 848. The number of nitrogens with one attached hydrogen (secondary N) is 2. The van der Waals surface area contributed by atoms with Gasteiger partial charge >= 0.3 is 5.97 Å². The largest absolute Gasteiger partial charge is 0.465 e. The van der Waals surface area contributed by atoms with Crippen LogP contribution in [-0.4, -0.2) is 18.2 Å². The number of thiocarbonyl (C=S) groups is 1. The van der Waals surface area contributed by atoms with Crippen molar-refractivity contribution in [1.29, 1.82) is 0 Å². The summed E-state index contributed by atoms with van der Waals surface area (Å²) < 4.78 is 5.02. The SMILES string of the molecule is COC(=O)c1c(NC(=S)Nc2c(C)cc(C)cc2C)sc2c1CCCC2. The number of benzene rings is 1. The minimum absolute atomic E-state index is 0.294. The smallest absolute Gasteiger partial charge is 0.341 e. The van der Waals surface area contributed by atoms with Gasteiger partial charge in [0, 0.05) is 10.6 Å². The molecule has 0 atom stereocenters. The molecule has 0 amide bonds. The molecule has 1 aromatic heterocycles. The van der Waals surface area contributed by atoms with E-state index in [-0.39, 0.29) is 5.97 Å². The van der Waals surface area contributed by atoms with Crippen LogP contribution in [0.25, 0.3) is 0 Å². The van der Waals surface area contributed by atoms with E-state index in [1.165, 1.54) is 17.6 Å². The van der Waals surface area contributed by atoms with E-state index < -0.39 is 0 Å². The summed E-state index contributed by atoms with van der Waals surface area (Å²) in [5, 5.41) is 7.80. The molecule has 0 bridgehead atoms. The minimum atomic E-state index is -0.294. The summed E-state index contributed by atoms with van der Waals surface area (Å²) in [5.41, 5.74) is 6.29. The summed E-state index contributed by atoms with van der Waals surface area (Å²) in [4.78, 5) is 13.6. The van der Waals surface area contributed by atoms with E-state index in [9.17, 15) is 4.79 Å². The maximum atomic E-state index is 12.3. The van der Waals surface area contributed by atoms with Crippen LogP contribution < -0.4 is 10.6 Å². The highest BCUT2D eigenvalue weighted by molar-refractivity contribution is 7.80. The Morgan fingerprint density at radius 2 is 1.77 bits per heavy atom. The zero-order valence-corrected chi connectivity index (χ0v) is 17.2. The van der Waals surface area contributed by atoms with Gasteiger partial charge in [0.1, 0.15) is 5.00 Å². The molecule has 1 aliphatic carbocycles. The normalized spacial score (nSPS) is 13.1. The number of carbonyl (C=O) groups excluding carboxylic acids is 1. The van der Waals surface area contributed by atoms with E-state index >= 15 is 0 Å². The highest BCUT2D eigenvalue weighted by Gasteiger charge is 2.26. The van der Waals surface area contributed by atoms with Crippen molar-refractivity contribution in [2.45, 2.75) is 46.5 Å². The van der Waals surface area contributed by atoms with E-state index in [2.05, 4.69) is 43.5 Å². The lowest BCUT2D eigenvalue weighted by Crippen LogP contribution is -2.21. The van der Waals surface area contributed by atoms with Crippen LogP contribution in [0.4, 0.5) is 10.7 Å². The van der Waals surface area contributed by atoms with Crippen LogP contribution in [0.15, 0.2) is 12.1 Å². The van der Waals surface area contributed by atoms with Gasteiger partial charge < -0.3 is 15.4 Å². The second-order valence-electron chi connectivity index (χ2n) is 6.76. The highest BCUT2D eigenvalue weighted by atomic mass is 32.1. The van der Waals surface area contributed by atoms with Crippen LogP contribution in [0.3, 0.4) is 0 Å². The lowest BCUT2D eigenvalue weighted by atomic mass is 9.95. The Balaban J connectivity index is 1.86. The Morgan fingerprint density at radius 3 is 2.42 bits per heavy atom. The fourth-order valence-corrected chi connectivity index (χ4v) is 5.15. The third-order valence-electron chi connectivity index (χ3n) is 4.70. The zero-order chi connectivity index (χ0) is 18.8. The van der Waals surface area contributed by atoms with Crippen molar-refractivity contribution in [3.63, 3.8) is 0 Å². The first kappa shape index (κ1) is 18.9. The van der Waals surface area contributed by atoms with Gasteiger partial charge in [0.05, 0.1) is 12.7 Å². The second kappa shape index (κ2) is 7.76. The quantitative estimate of drug-likeness (QED) is 0.563. The molecule has 6 heteroatoms. The Morgan fingerprint density at radius 1 is 1.12 bits per heavy atom. The molecule has 1 aliphatic rings. The number of methoxy groups -OCH3 is 1. The fraction of sp³-hybridized carbons (Fsp3) is 0.400. The zero-order valence-electron chi connectivity index (χ0n) is 15.6. The van der Waals surface area contributed by atoms with Gasteiger partial charge in [-0.3, -0.25) is 0 Å². The van der Waals surface area contributed by atoms with Crippen LogP contribution in [0.2, 0.25) is 0 Å². The predicted molar refractivity (Wildman–Crippen MR) is 113 cm³/mol. The molecular weight excluding hydrogens is 364 g/mol. The molecule has 3 rings (SSSR count). The standard InChI is InChI=1S/C20H24N2O2S2/c1-11-9-12(2)17(13(3)10-11)21-20(25)22-18-16(19(23)24-4)14-7-5-6-8-15(14)26-18/h9-10H,5-8H2,1-4H3,(H2,21,22,25). The molecule has 1 aromatic carbocycles. The average Bonchev–Trinajstić information content (AvgIpc) is 2.95. The number of hydrogen-bond donors (Lipinski definition) is 2. The van der Waals surface area contributed by atoms with Gasteiger partial charge in [0.2, 0.25) is 0 Å². The van der Waals surface area contributed by atoms with Gasteiger partial charge in [-0.25, -0.2) is 4.79 Å². The topological polar surface area (TPSA) is 50.4 Å². The summed E-state index contributed by atoms with van der Waals surface area (Å²) in [7, 11) is 1.43. The third kappa shape index (κ3) is 3.76. The minimum Gasteiger partial charge on any atom is -0.465 e. The first-order chi connectivity index (χ1) is 12.4. The van der Waals surface area contributed by atoms with Crippen molar-refractivity contribution in [3.05, 3.63) is 44.8 Å². The summed E-state index contributed by atoms with van der Waals surface area (Å²) in [6.07, 6.45) is 4.21. The molecule has 2 aromatic rings. The lowest BCUT2D eigenvalue weighted by Gasteiger charge is -2.16. The number of ether oxygens (including phenoxy) is 1. The van der Waals surface area contributed by atoms with E-state index in [0.717, 1.165) is 53.1 Å². The molecule has 0 spiro atoms. The van der Waals surface area contributed by atoms with Crippen LogP contribution in [0, 0.1) is 20.8 Å². The van der Waals surface area contributed by atoms with Crippen molar-refractivity contribution in [2.24, 2.45) is 0 Å². The van der Waals surface area contributed by atoms with Crippen LogP contribution in [0.1, 0.15) is 50.3 Å². The van der Waals surface area contributed by atoms with Gasteiger partial charge in [-0.2, -0.15) is 0 Å². The van der Waals surface area contributed by atoms with Gasteiger partial charge in [-0.1, -0.05) is 17.7 Å². The molecule has 0 aliphatic heterocycles. The predicted octanol–water partition coefficient (Wildman–Crippen LogP) is 5.15. The number of fused-ring (bicyclic) bond motifs is 1. The van der Waals surface area contributed by atoms with E-state index in [1.807, 2.05) is 0 Å². The molecule has 1 heterocycles. The summed E-state index contributed by atoms with van der Waals surface area (Å²) in [6.45, 7) is 6.21. The summed E-state index contributed by atoms with van der Waals surface area (Å²) >= 11 is 7.14. The fourth-order valence-electron chi connectivity index (χ4n) is 3.60. The molecule has 0 radical (unpaired) electrons. The first-order valence-corrected chi connectivity index (χ1v) is 10.0. The molecule has 2 N–H and O–H groups in total. The molecule has 0 saturated carbocycles. The van der Waals surface area contributed by atoms with E-state index in [4.69, 9.17) is 17.0 Å². The number of aryl methyl sites for hydroxylation is 4. The molecule has 26 heavy (non-hydrogen) atoms. The van der Waals surface area contributed by atoms with Crippen LogP contribution in [0.5, 0.6) is 0 Å². The van der Waals surface area contributed by atoms with Crippen molar-refractivity contribution < 1.29 is 9.53 Å². The number of thiophene rings is 1. The number of carbonyl (C=O) groups is 1. The third-order valence-corrected chi connectivity index (χ3v) is 6.11. The molecule has 4 nitrogen and oxygen atoms in total. The van der Waals surface area contributed by atoms with Crippen molar-refractivity contribution in [3.8, 4) is 0 Å². The van der Waals surface area contributed by atoms with Gasteiger partial charge in [0.15, 0.2) is 5.11 Å². The summed E-state index contributed by atoms with van der Waals surface area (Å²) in [5.74, 6) is -0.294. The number of anilines is 2. The highest BCUT2D eigenvalue weighted by Crippen LogP contribution is 2.38. The Hall–Kier alpha value is -1.92. The second-order valence-corrected chi connectivity index (χ2v) is 8.27. The van der Waals surface area contributed by atoms with E-state index in [1.54, 1.807) is 11.3 Å². The maximum absolute atomic E-state index is 12.3. The Labute approximate surface area is 164 Å². The summed E-state index contributed by atoms with van der Waals surface area (Å²) in [6, 6.07) is 4.25. The molecular formula is C20H24N2O2S2.